The summed E-state index contributed by atoms with van der Waals surface area (Å²) >= 11 is 11.6. The first kappa shape index (κ1) is 8.89. The molecular weight excluding hydrogens is 179 g/mol. The van der Waals surface area contributed by atoms with Crippen LogP contribution in [-0.2, 0) is 12.3 Å². The molecule has 0 fully saturated rings. The van der Waals surface area contributed by atoms with Crippen LogP contribution in [0.15, 0.2) is 18.2 Å². The lowest BCUT2D eigenvalue weighted by molar-refractivity contribution is 1.13. The lowest BCUT2D eigenvalue weighted by Gasteiger charge is -2.01. The Hall–Kier alpha value is -0.200. The Kier molecular flexibility index (Phi) is 3.22. The summed E-state index contributed by atoms with van der Waals surface area (Å²) in [7, 11) is 0. The molecule has 0 bridgehead atoms. The predicted octanol–water partition coefficient (Wildman–Crippen LogP) is 3.64. The van der Waals surface area contributed by atoms with Gasteiger partial charge in [-0.25, -0.2) is 0 Å². The molecule has 1 aromatic carbocycles. The van der Waals surface area contributed by atoms with Crippen molar-refractivity contribution in [2.75, 3.05) is 0 Å². The van der Waals surface area contributed by atoms with Gasteiger partial charge in [0.25, 0.3) is 0 Å². The number of benzene rings is 1. The van der Waals surface area contributed by atoms with Crippen LogP contribution in [0, 0.1) is 0 Å². The minimum absolute atomic E-state index is 0.531. The van der Waals surface area contributed by atoms with E-state index in [1.807, 2.05) is 18.2 Å². The van der Waals surface area contributed by atoms with E-state index in [0.717, 1.165) is 17.0 Å². The first-order chi connectivity index (χ1) is 5.27. The highest BCUT2D eigenvalue weighted by Gasteiger charge is 1.98. The molecule has 0 aliphatic rings. The standard InChI is InChI=1S/C9H10Cl2/c1-2-8-4-3-7(6-10)5-9(8)11/h3-5H,2,6H2,1H3. The highest BCUT2D eigenvalue weighted by atomic mass is 35.5. The Morgan fingerprint density at radius 1 is 1.36 bits per heavy atom. The molecule has 2 heteroatoms. The fourth-order valence-electron chi connectivity index (χ4n) is 0.961. The molecule has 0 saturated heterocycles. The Balaban J connectivity index is 2.99. The second-order valence-corrected chi connectivity index (χ2v) is 3.09. The van der Waals surface area contributed by atoms with Crippen molar-refractivity contribution in [3.63, 3.8) is 0 Å². The summed E-state index contributed by atoms with van der Waals surface area (Å²) in [4.78, 5) is 0. The van der Waals surface area contributed by atoms with Gasteiger partial charge in [0, 0.05) is 10.9 Å². The SMILES string of the molecule is CCc1ccc(CCl)cc1Cl. The van der Waals surface area contributed by atoms with Gasteiger partial charge in [-0.1, -0.05) is 30.7 Å². The van der Waals surface area contributed by atoms with E-state index >= 15 is 0 Å². The maximum atomic E-state index is 5.95. The number of aryl methyl sites for hydroxylation is 1. The average Bonchev–Trinajstić information content (AvgIpc) is 2.04. The van der Waals surface area contributed by atoms with Crippen LogP contribution in [0.1, 0.15) is 18.1 Å². The highest BCUT2D eigenvalue weighted by molar-refractivity contribution is 6.31. The van der Waals surface area contributed by atoms with Crippen LogP contribution in [-0.4, -0.2) is 0 Å². The maximum Gasteiger partial charge on any atom is 0.0474 e. The van der Waals surface area contributed by atoms with Crippen LogP contribution in [0.3, 0.4) is 0 Å². The van der Waals surface area contributed by atoms with Gasteiger partial charge >= 0.3 is 0 Å². The maximum absolute atomic E-state index is 5.95. The van der Waals surface area contributed by atoms with E-state index in [-0.39, 0.29) is 0 Å². The number of halogens is 2. The zero-order valence-electron chi connectivity index (χ0n) is 6.40. The Morgan fingerprint density at radius 3 is 2.55 bits per heavy atom. The van der Waals surface area contributed by atoms with Gasteiger partial charge in [0.2, 0.25) is 0 Å². The third-order valence-corrected chi connectivity index (χ3v) is 2.31. The molecule has 0 unspecified atom stereocenters. The number of hydrogen-bond donors (Lipinski definition) is 0. The first-order valence-corrected chi connectivity index (χ1v) is 4.52. The fraction of sp³-hybridized carbons (Fsp3) is 0.333. The van der Waals surface area contributed by atoms with Crippen molar-refractivity contribution >= 4 is 23.2 Å². The van der Waals surface area contributed by atoms with Crippen LogP contribution in [0.2, 0.25) is 5.02 Å². The first-order valence-electron chi connectivity index (χ1n) is 3.61. The van der Waals surface area contributed by atoms with Crippen LogP contribution < -0.4 is 0 Å². The highest BCUT2D eigenvalue weighted by Crippen LogP contribution is 2.19. The van der Waals surface area contributed by atoms with Crippen molar-refractivity contribution in [2.45, 2.75) is 19.2 Å². The van der Waals surface area contributed by atoms with E-state index in [1.165, 1.54) is 5.56 Å². The normalized spacial score (nSPS) is 10.1. The van der Waals surface area contributed by atoms with Crippen molar-refractivity contribution in [2.24, 2.45) is 0 Å². The zero-order valence-corrected chi connectivity index (χ0v) is 7.91. The molecule has 0 aliphatic heterocycles. The van der Waals surface area contributed by atoms with Gasteiger partial charge in [0.05, 0.1) is 0 Å². The fourth-order valence-corrected chi connectivity index (χ4v) is 1.46. The van der Waals surface area contributed by atoms with Crippen molar-refractivity contribution in [3.05, 3.63) is 34.3 Å². The van der Waals surface area contributed by atoms with E-state index < -0.39 is 0 Å². The molecule has 0 nitrogen and oxygen atoms in total. The van der Waals surface area contributed by atoms with Gasteiger partial charge in [-0.2, -0.15) is 0 Å². The van der Waals surface area contributed by atoms with Crippen molar-refractivity contribution in [1.82, 2.24) is 0 Å². The van der Waals surface area contributed by atoms with Gasteiger partial charge in [-0.15, -0.1) is 11.6 Å². The summed E-state index contributed by atoms with van der Waals surface area (Å²) in [6.07, 6.45) is 0.974. The van der Waals surface area contributed by atoms with Crippen molar-refractivity contribution < 1.29 is 0 Å². The van der Waals surface area contributed by atoms with Crippen LogP contribution in [0.25, 0.3) is 0 Å². The van der Waals surface area contributed by atoms with E-state index in [4.69, 9.17) is 23.2 Å². The van der Waals surface area contributed by atoms with Crippen LogP contribution in [0.5, 0.6) is 0 Å². The molecule has 0 spiro atoms. The molecule has 0 aliphatic carbocycles. The second kappa shape index (κ2) is 3.99. The monoisotopic (exact) mass is 188 g/mol. The van der Waals surface area contributed by atoms with Crippen molar-refractivity contribution in [1.29, 1.82) is 0 Å². The van der Waals surface area contributed by atoms with Crippen LogP contribution in [0.4, 0.5) is 0 Å². The topological polar surface area (TPSA) is 0 Å². The molecule has 0 amide bonds. The van der Waals surface area contributed by atoms with E-state index in [2.05, 4.69) is 6.92 Å². The number of hydrogen-bond acceptors (Lipinski definition) is 0. The van der Waals surface area contributed by atoms with Gasteiger partial charge in [-0.05, 0) is 23.6 Å². The van der Waals surface area contributed by atoms with Gasteiger partial charge < -0.3 is 0 Å². The molecule has 0 saturated carbocycles. The van der Waals surface area contributed by atoms with E-state index in [1.54, 1.807) is 0 Å². The van der Waals surface area contributed by atoms with E-state index in [0.29, 0.717) is 5.88 Å². The molecule has 0 radical (unpaired) electrons. The largest absolute Gasteiger partial charge is 0.122 e. The van der Waals surface area contributed by atoms with Gasteiger partial charge in [-0.3, -0.25) is 0 Å². The molecule has 0 aromatic heterocycles. The van der Waals surface area contributed by atoms with E-state index in [9.17, 15) is 0 Å². The molecule has 0 heterocycles. The number of alkyl halides is 1. The lowest BCUT2D eigenvalue weighted by atomic mass is 10.1. The molecule has 11 heavy (non-hydrogen) atoms. The van der Waals surface area contributed by atoms with Crippen LogP contribution >= 0.6 is 23.2 Å². The summed E-state index contributed by atoms with van der Waals surface area (Å²) in [5, 5.41) is 0.825. The lowest BCUT2D eigenvalue weighted by Crippen LogP contribution is -1.84. The molecule has 0 atom stereocenters. The molecule has 0 N–H and O–H groups in total. The predicted molar refractivity (Wildman–Crippen MR) is 50.4 cm³/mol. The minimum atomic E-state index is 0.531. The molecule has 1 rings (SSSR count). The zero-order chi connectivity index (χ0) is 8.27. The second-order valence-electron chi connectivity index (χ2n) is 2.41. The summed E-state index contributed by atoms with van der Waals surface area (Å²) < 4.78 is 0. The molecule has 60 valence electrons. The Bertz CT molecular complexity index is 243. The summed E-state index contributed by atoms with van der Waals surface area (Å²) in [5.41, 5.74) is 2.26. The number of rotatable bonds is 2. The molecular formula is C9H10Cl2. The summed E-state index contributed by atoms with van der Waals surface area (Å²) in [6, 6.07) is 5.96. The summed E-state index contributed by atoms with van der Waals surface area (Å²) in [6.45, 7) is 2.08. The Morgan fingerprint density at radius 2 is 2.09 bits per heavy atom. The van der Waals surface area contributed by atoms with Gasteiger partial charge in [0.15, 0.2) is 0 Å². The Labute approximate surface area is 77.1 Å². The third kappa shape index (κ3) is 2.11. The minimum Gasteiger partial charge on any atom is -0.122 e. The third-order valence-electron chi connectivity index (χ3n) is 1.65. The smallest absolute Gasteiger partial charge is 0.0474 e. The van der Waals surface area contributed by atoms with Gasteiger partial charge in [0.1, 0.15) is 0 Å². The molecule has 1 aromatic rings. The summed E-state index contributed by atoms with van der Waals surface area (Å²) in [5.74, 6) is 0.531. The average molecular weight is 189 g/mol. The quantitative estimate of drug-likeness (QED) is 0.623. The van der Waals surface area contributed by atoms with Crippen molar-refractivity contribution in [3.8, 4) is 0 Å².